The minimum Gasteiger partial charge on any atom is -0.370 e. The van der Waals surface area contributed by atoms with E-state index in [1.165, 1.54) is 23.3 Å². The summed E-state index contributed by atoms with van der Waals surface area (Å²) in [5, 5.41) is 0. The fourth-order valence-corrected chi connectivity index (χ4v) is 3.38. The second-order valence-corrected chi connectivity index (χ2v) is 6.94. The molecule has 0 fully saturated rings. The van der Waals surface area contributed by atoms with Crippen LogP contribution in [0.3, 0.4) is 0 Å². The van der Waals surface area contributed by atoms with Gasteiger partial charge in [-0.2, -0.15) is 0 Å². The second kappa shape index (κ2) is 8.17. The highest BCUT2D eigenvalue weighted by atomic mass is 19.1. The van der Waals surface area contributed by atoms with Crippen LogP contribution in [0.5, 0.6) is 0 Å². The summed E-state index contributed by atoms with van der Waals surface area (Å²) in [5.74, 6) is -0.227. The Morgan fingerprint density at radius 2 is 1.92 bits per heavy atom. The van der Waals surface area contributed by atoms with Gasteiger partial charge in [0.1, 0.15) is 12.1 Å². The number of hydrogen-bond donors (Lipinski definition) is 0. The van der Waals surface area contributed by atoms with Crippen molar-refractivity contribution in [2.24, 2.45) is 0 Å². The third-order valence-corrected chi connectivity index (χ3v) is 4.81. The highest BCUT2D eigenvalue weighted by Crippen LogP contribution is 2.28. The van der Waals surface area contributed by atoms with Gasteiger partial charge in [0.15, 0.2) is 0 Å². The predicted molar refractivity (Wildman–Crippen MR) is 105 cm³/mol. The second-order valence-electron chi connectivity index (χ2n) is 6.94. The van der Waals surface area contributed by atoms with E-state index in [-0.39, 0.29) is 5.82 Å². The quantitative estimate of drug-likeness (QED) is 0.719. The van der Waals surface area contributed by atoms with Crippen LogP contribution in [-0.4, -0.2) is 19.9 Å². The van der Waals surface area contributed by atoms with E-state index in [1.54, 1.807) is 12.1 Å². The average molecular weight is 352 g/mol. The summed E-state index contributed by atoms with van der Waals surface area (Å²) in [4.78, 5) is 15.6. The number of aldehydes is 1. The molecule has 0 spiro atoms. The number of rotatable bonds is 5. The van der Waals surface area contributed by atoms with Crippen LogP contribution < -0.4 is 9.80 Å². The standard InChI is InChI=1S/C22H25FN2O/c1-17-6-11-22(25-12-4-3-5-18(14-25)16-26)19(13-17)15-24(2)21-9-7-20(23)8-10-21/h6-11,13-14,16H,3-5,12,15H2,1-2H3. The molecule has 1 aliphatic heterocycles. The summed E-state index contributed by atoms with van der Waals surface area (Å²) in [6, 6.07) is 13.0. The molecular weight excluding hydrogens is 327 g/mol. The van der Waals surface area contributed by atoms with E-state index in [1.807, 2.05) is 13.2 Å². The first kappa shape index (κ1) is 18.2. The SMILES string of the molecule is Cc1ccc(N2C=C(C=O)CCCC2)c(CN(C)c2ccc(F)cc2)c1. The zero-order valence-corrected chi connectivity index (χ0v) is 15.4. The molecular formula is C22H25FN2O. The van der Waals surface area contributed by atoms with Gasteiger partial charge in [0.25, 0.3) is 0 Å². The van der Waals surface area contributed by atoms with Gasteiger partial charge in [0.05, 0.1) is 0 Å². The molecule has 0 saturated heterocycles. The molecule has 4 heteroatoms. The lowest BCUT2D eigenvalue weighted by molar-refractivity contribution is -0.105. The van der Waals surface area contributed by atoms with Crippen LogP contribution in [0.1, 0.15) is 30.4 Å². The van der Waals surface area contributed by atoms with Crippen molar-refractivity contribution in [3.63, 3.8) is 0 Å². The van der Waals surface area contributed by atoms with E-state index in [0.717, 1.165) is 49.0 Å². The summed E-state index contributed by atoms with van der Waals surface area (Å²) in [6.45, 7) is 3.71. The molecule has 3 rings (SSSR count). The van der Waals surface area contributed by atoms with Crippen LogP contribution in [0.2, 0.25) is 0 Å². The molecule has 0 atom stereocenters. The van der Waals surface area contributed by atoms with Crippen LogP contribution in [-0.2, 0) is 11.3 Å². The van der Waals surface area contributed by atoms with E-state index >= 15 is 0 Å². The molecule has 2 aromatic carbocycles. The molecule has 2 aromatic rings. The van der Waals surface area contributed by atoms with Crippen molar-refractivity contribution in [1.82, 2.24) is 0 Å². The topological polar surface area (TPSA) is 23.6 Å². The molecule has 0 amide bonds. The first-order valence-corrected chi connectivity index (χ1v) is 9.05. The third kappa shape index (κ3) is 4.31. The van der Waals surface area contributed by atoms with Crippen molar-refractivity contribution >= 4 is 17.7 Å². The van der Waals surface area contributed by atoms with Gasteiger partial charge in [0.2, 0.25) is 0 Å². The van der Waals surface area contributed by atoms with Gasteiger partial charge in [0, 0.05) is 43.3 Å². The normalized spacial score (nSPS) is 14.6. The molecule has 0 aliphatic carbocycles. The monoisotopic (exact) mass is 352 g/mol. The van der Waals surface area contributed by atoms with Gasteiger partial charge in [-0.1, -0.05) is 17.7 Å². The van der Waals surface area contributed by atoms with Crippen LogP contribution >= 0.6 is 0 Å². The van der Waals surface area contributed by atoms with Gasteiger partial charge >= 0.3 is 0 Å². The zero-order valence-electron chi connectivity index (χ0n) is 15.4. The number of hydrogen-bond acceptors (Lipinski definition) is 3. The number of benzene rings is 2. The Kier molecular flexibility index (Phi) is 5.71. The fraction of sp³-hybridized carbons (Fsp3) is 0.318. The fourth-order valence-electron chi connectivity index (χ4n) is 3.38. The molecule has 0 saturated carbocycles. The summed E-state index contributed by atoms with van der Waals surface area (Å²) in [7, 11) is 2.01. The Morgan fingerprint density at radius 3 is 2.65 bits per heavy atom. The van der Waals surface area contributed by atoms with Crippen molar-refractivity contribution in [2.75, 3.05) is 23.4 Å². The maximum atomic E-state index is 13.2. The number of halogens is 1. The largest absolute Gasteiger partial charge is 0.370 e. The van der Waals surface area contributed by atoms with Crippen molar-refractivity contribution in [3.8, 4) is 0 Å². The molecule has 0 bridgehead atoms. The van der Waals surface area contributed by atoms with Crippen molar-refractivity contribution < 1.29 is 9.18 Å². The Balaban J connectivity index is 1.90. The minimum absolute atomic E-state index is 0.227. The number of carbonyl (C=O) groups is 1. The Morgan fingerprint density at radius 1 is 1.15 bits per heavy atom. The van der Waals surface area contributed by atoms with Gasteiger partial charge in [-0.25, -0.2) is 4.39 Å². The van der Waals surface area contributed by atoms with E-state index in [9.17, 15) is 9.18 Å². The molecule has 0 aromatic heterocycles. The lowest BCUT2D eigenvalue weighted by Crippen LogP contribution is -2.22. The highest BCUT2D eigenvalue weighted by Gasteiger charge is 2.15. The van der Waals surface area contributed by atoms with Crippen LogP contribution in [0.4, 0.5) is 15.8 Å². The number of carbonyl (C=O) groups excluding carboxylic acids is 1. The summed E-state index contributed by atoms with van der Waals surface area (Å²) >= 11 is 0. The third-order valence-electron chi connectivity index (χ3n) is 4.81. The maximum Gasteiger partial charge on any atom is 0.147 e. The van der Waals surface area contributed by atoms with Gasteiger partial charge < -0.3 is 9.80 Å². The van der Waals surface area contributed by atoms with Crippen LogP contribution in [0.25, 0.3) is 0 Å². The Labute approximate surface area is 154 Å². The first-order valence-electron chi connectivity index (χ1n) is 9.05. The predicted octanol–water partition coefficient (Wildman–Crippen LogP) is 4.84. The molecule has 0 radical (unpaired) electrons. The number of nitrogens with zero attached hydrogens (tertiary/aromatic N) is 2. The van der Waals surface area contributed by atoms with Crippen molar-refractivity contribution in [1.29, 1.82) is 0 Å². The molecule has 0 N–H and O–H groups in total. The van der Waals surface area contributed by atoms with Crippen LogP contribution in [0, 0.1) is 12.7 Å². The minimum atomic E-state index is -0.227. The van der Waals surface area contributed by atoms with E-state index in [2.05, 4.69) is 34.9 Å². The summed E-state index contributed by atoms with van der Waals surface area (Å²) < 4.78 is 13.2. The molecule has 3 nitrogen and oxygen atoms in total. The van der Waals surface area contributed by atoms with Crippen molar-refractivity contribution in [3.05, 3.63) is 71.2 Å². The first-order chi connectivity index (χ1) is 12.6. The van der Waals surface area contributed by atoms with E-state index < -0.39 is 0 Å². The smallest absolute Gasteiger partial charge is 0.147 e. The average Bonchev–Trinajstić information content (AvgIpc) is 2.88. The number of aryl methyl sites for hydroxylation is 1. The summed E-state index contributed by atoms with van der Waals surface area (Å²) in [5.41, 5.74) is 5.34. The number of anilines is 2. The maximum absolute atomic E-state index is 13.2. The lowest BCUT2D eigenvalue weighted by Gasteiger charge is -2.26. The van der Waals surface area contributed by atoms with Gasteiger partial charge in [-0.3, -0.25) is 4.79 Å². The van der Waals surface area contributed by atoms with Gasteiger partial charge in [-0.05, 0) is 62.1 Å². The summed E-state index contributed by atoms with van der Waals surface area (Å²) in [6.07, 6.45) is 5.91. The molecule has 26 heavy (non-hydrogen) atoms. The van der Waals surface area contributed by atoms with Crippen LogP contribution in [0.15, 0.2) is 54.2 Å². The Hall–Kier alpha value is -2.62. The molecule has 136 valence electrons. The molecule has 0 unspecified atom stereocenters. The number of allylic oxidation sites excluding steroid dienone is 1. The molecule has 1 heterocycles. The lowest BCUT2D eigenvalue weighted by atomic mass is 10.1. The van der Waals surface area contributed by atoms with Gasteiger partial charge in [-0.15, -0.1) is 0 Å². The van der Waals surface area contributed by atoms with Crippen molar-refractivity contribution in [2.45, 2.75) is 32.7 Å². The van der Waals surface area contributed by atoms with E-state index in [4.69, 9.17) is 0 Å². The Bertz CT molecular complexity index is 798. The zero-order chi connectivity index (χ0) is 18.5. The highest BCUT2D eigenvalue weighted by molar-refractivity contribution is 5.75. The van der Waals surface area contributed by atoms with E-state index in [0.29, 0.717) is 6.54 Å². The molecule has 1 aliphatic rings.